The second-order valence-corrected chi connectivity index (χ2v) is 7.09. The highest BCUT2D eigenvalue weighted by atomic mass is 19.4. The molecule has 0 aliphatic heterocycles. The van der Waals surface area contributed by atoms with Crippen molar-refractivity contribution >= 4 is 28.5 Å². The maximum absolute atomic E-state index is 13.8. The van der Waals surface area contributed by atoms with Crippen molar-refractivity contribution in [2.75, 3.05) is 18.4 Å². The van der Waals surface area contributed by atoms with Crippen molar-refractivity contribution in [3.8, 4) is 0 Å². The molecule has 2 aromatic carbocycles. The number of halogens is 6. The number of para-hydroxylation sites is 2. The summed E-state index contributed by atoms with van der Waals surface area (Å²) >= 11 is 0. The molecule has 176 valence electrons. The molecule has 0 aliphatic rings. The van der Waals surface area contributed by atoms with Crippen molar-refractivity contribution in [1.29, 1.82) is 0 Å². The molecule has 1 N–H and O–H groups in total. The van der Waals surface area contributed by atoms with E-state index in [9.17, 15) is 35.9 Å². The number of amides is 2. The van der Waals surface area contributed by atoms with Gasteiger partial charge in [-0.25, -0.2) is 18.2 Å². The zero-order valence-corrected chi connectivity index (χ0v) is 17.2. The molecule has 33 heavy (non-hydrogen) atoms. The van der Waals surface area contributed by atoms with Crippen LogP contribution in [0.1, 0.15) is 19.2 Å². The normalized spacial score (nSPS) is 11.6. The molecule has 0 unspecified atom stereocenters. The van der Waals surface area contributed by atoms with Crippen molar-refractivity contribution in [3.05, 3.63) is 59.7 Å². The largest absolute Gasteiger partial charge is 0.449 e. The molecule has 0 aliphatic carbocycles. The summed E-state index contributed by atoms with van der Waals surface area (Å²) in [6.45, 7) is 0.308. The molecule has 2 amide bonds. The minimum Gasteiger partial charge on any atom is -0.332 e. The van der Waals surface area contributed by atoms with Gasteiger partial charge in [-0.1, -0.05) is 19.1 Å². The SMILES string of the molecule is CCCN(CC(=O)Nc1ccc(F)c(F)c1F)C(=O)Cn1c(C(F)(F)F)nc2ccccc21. The number of carbonyl (C=O) groups is 2. The summed E-state index contributed by atoms with van der Waals surface area (Å²) in [5, 5.41) is 2.03. The van der Waals surface area contributed by atoms with E-state index in [1.165, 1.54) is 24.3 Å². The maximum atomic E-state index is 13.8. The van der Waals surface area contributed by atoms with E-state index in [4.69, 9.17) is 0 Å². The lowest BCUT2D eigenvalue weighted by Gasteiger charge is -2.23. The summed E-state index contributed by atoms with van der Waals surface area (Å²) in [4.78, 5) is 29.7. The number of anilines is 1. The van der Waals surface area contributed by atoms with Crippen molar-refractivity contribution in [2.45, 2.75) is 26.1 Å². The Labute approximate surface area is 183 Å². The van der Waals surface area contributed by atoms with E-state index in [0.29, 0.717) is 17.1 Å². The number of benzene rings is 2. The quantitative estimate of drug-likeness (QED) is 0.411. The summed E-state index contributed by atoms with van der Waals surface area (Å²) in [5.74, 6) is -7.85. The van der Waals surface area contributed by atoms with Crippen LogP contribution in [-0.2, 0) is 22.3 Å². The topological polar surface area (TPSA) is 67.2 Å². The molecule has 0 spiro atoms. The van der Waals surface area contributed by atoms with E-state index in [-0.39, 0.29) is 17.6 Å². The van der Waals surface area contributed by atoms with Gasteiger partial charge in [0.05, 0.1) is 23.3 Å². The number of rotatable bonds is 7. The van der Waals surface area contributed by atoms with Gasteiger partial charge in [-0.3, -0.25) is 9.59 Å². The third-order valence-electron chi connectivity index (χ3n) is 4.69. The predicted molar refractivity (Wildman–Crippen MR) is 107 cm³/mol. The van der Waals surface area contributed by atoms with E-state index in [0.717, 1.165) is 11.0 Å². The smallest absolute Gasteiger partial charge is 0.332 e. The Morgan fingerprint density at radius 2 is 1.76 bits per heavy atom. The van der Waals surface area contributed by atoms with Crippen LogP contribution in [0.4, 0.5) is 32.0 Å². The van der Waals surface area contributed by atoms with E-state index in [1.54, 1.807) is 6.92 Å². The number of aromatic nitrogens is 2. The first-order chi connectivity index (χ1) is 15.5. The van der Waals surface area contributed by atoms with Crippen molar-refractivity contribution < 1.29 is 35.9 Å². The zero-order chi connectivity index (χ0) is 24.3. The molecule has 6 nitrogen and oxygen atoms in total. The minimum absolute atomic E-state index is 0.0144. The van der Waals surface area contributed by atoms with Crippen LogP contribution in [0.3, 0.4) is 0 Å². The average molecular weight is 472 g/mol. The third-order valence-corrected chi connectivity index (χ3v) is 4.69. The Morgan fingerprint density at radius 1 is 1.06 bits per heavy atom. The van der Waals surface area contributed by atoms with Crippen molar-refractivity contribution in [2.24, 2.45) is 0 Å². The summed E-state index contributed by atoms with van der Waals surface area (Å²) in [6.07, 6.45) is -4.45. The first-order valence-electron chi connectivity index (χ1n) is 9.76. The molecule has 0 fully saturated rings. The van der Waals surface area contributed by atoms with E-state index in [1.807, 2.05) is 5.32 Å². The van der Waals surface area contributed by atoms with Gasteiger partial charge in [0, 0.05) is 6.54 Å². The van der Waals surface area contributed by atoms with Gasteiger partial charge in [0.1, 0.15) is 6.54 Å². The minimum atomic E-state index is -4.82. The van der Waals surface area contributed by atoms with Gasteiger partial charge in [-0.05, 0) is 30.7 Å². The fourth-order valence-corrected chi connectivity index (χ4v) is 3.23. The molecule has 12 heteroatoms. The monoisotopic (exact) mass is 472 g/mol. The van der Waals surface area contributed by atoms with Crippen LogP contribution in [0.2, 0.25) is 0 Å². The molecule has 0 saturated carbocycles. The fourth-order valence-electron chi connectivity index (χ4n) is 3.23. The number of imidazole rings is 1. The summed E-state index contributed by atoms with van der Waals surface area (Å²) in [7, 11) is 0. The van der Waals surface area contributed by atoms with Gasteiger partial charge < -0.3 is 14.8 Å². The molecule has 3 aromatic rings. The number of alkyl halides is 3. The van der Waals surface area contributed by atoms with E-state index >= 15 is 0 Å². The van der Waals surface area contributed by atoms with E-state index in [2.05, 4.69) is 4.98 Å². The van der Waals surface area contributed by atoms with Crippen molar-refractivity contribution in [1.82, 2.24) is 14.5 Å². The Hall–Kier alpha value is -3.57. The standard InChI is InChI=1S/C21H18F6N4O2/c1-2-9-30(10-16(32)28-14-8-7-12(22)18(23)19(14)24)17(33)11-31-15-6-4-3-5-13(15)29-20(31)21(25,26)27/h3-8H,2,9-11H2,1H3,(H,28,32). The molecular weight excluding hydrogens is 454 g/mol. The van der Waals surface area contributed by atoms with Gasteiger partial charge in [-0.2, -0.15) is 13.2 Å². The van der Waals surface area contributed by atoms with Gasteiger partial charge in [-0.15, -0.1) is 0 Å². The van der Waals surface area contributed by atoms with Crippen LogP contribution in [0, 0.1) is 17.5 Å². The molecule has 1 heterocycles. The lowest BCUT2D eigenvalue weighted by molar-refractivity contribution is -0.148. The summed E-state index contributed by atoms with van der Waals surface area (Å²) in [6, 6.07) is 7.19. The van der Waals surface area contributed by atoms with Crippen LogP contribution < -0.4 is 5.32 Å². The zero-order valence-electron chi connectivity index (χ0n) is 17.2. The van der Waals surface area contributed by atoms with Gasteiger partial charge in [0.25, 0.3) is 0 Å². The second-order valence-electron chi connectivity index (χ2n) is 7.09. The Balaban J connectivity index is 1.81. The number of nitrogens with zero attached hydrogens (tertiary/aromatic N) is 3. The highest BCUT2D eigenvalue weighted by Gasteiger charge is 2.38. The first-order valence-corrected chi connectivity index (χ1v) is 9.76. The van der Waals surface area contributed by atoms with Crippen LogP contribution in [0.15, 0.2) is 36.4 Å². The first kappa shape index (κ1) is 24.1. The lowest BCUT2D eigenvalue weighted by atomic mass is 10.2. The Bertz CT molecular complexity index is 1190. The predicted octanol–water partition coefficient (Wildman–Crippen LogP) is 4.35. The van der Waals surface area contributed by atoms with Crippen LogP contribution in [-0.4, -0.2) is 39.4 Å². The number of fused-ring (bicyclic) bond motifs is 1. The molecular formula is C21H18F6N4O2. The molecule has 3 rings (SSSR count). The van der Waals surface area contributed by atoms with Gasteiger partial charge in [0.2, 0.25) is 17.6 Å². The third kappa shape index (κ3) is 5.26. The van der Waals surface area contributed by atoms with Crippen LogP contribution >= 0.6 is 0 Å². The Morgan fingerprint density at radius 3 is 2.42 bits per heavy atom. The van der Waals surface area contributed by atoms with Crippen LogP contribution in [0.5, 0.6) is 0 Å². The summed E-state index contributed by atoms with van der Waals surface area (Å²) < 4.78 is 81.3. The lowest BCUT2D eigenvalue weighted by Crippen LogP contribution is -2.40. The molecule has 0 radical (unpaired) electrons. The highest BCUT2D eigenvalue weighted by Crippen LogP contribution is 2.31. The molecule has 0 bridgehead atoms. The number of hydrogen-bond donors (Lipinski definition) is 1. The number of hydrogen-bond acceptors (Lipinski definition) is 3. The molecule has 1 aromatic heterocycles. The van der Waals surface area contributed by atoms with Crippen molar-refractivity contribution in [3.63, 3.8) is 0 Å². The molecule has 0 atom stereocenters. The number of nitrogens with one attached hydrogen (secondary N) is 1. The van der Waals surface area contributed by atoms with Gasteiger partial charge >= 0.3 is 6.18 Å². The average Bonchev–Trinajstić information content (AvgIpc) is 3.13. The number of carbonyl (C=O) groups excluding carboxylic acids is 2. The maximum Gasteiger partial charge on any atom is 0.449 e. The fraction of sp³-hybridized carbons (Fsp3) is 0.286. The Kier molecular flexibility index (Phi) is 6.94. The second kappa shape index (κ2) is 9.51. The van der Waals surface area contributed by atoms with E-state index < -0.39 is 60.0 Å². The molecule has 0 saturated heterocycles. The van der Waals surface area contributed by atoms with Crippen LogP contribution in [0.25, 0.3) is 11.0 Å². The van der Waals surface area contributed by atoms with Gasteiger partial charge in [0.15, 0.2) is 17.5 Å². The highest BCUT2D eigenvalue weighted by molar-refractivity contribution is 5.94. The summed E-state index contributed by atoms with van der Waals surface area (Å²) in [5.41, 5.74) is -0.503.